The highest BCUT2D eigenvalue weighted by atomic mass is 127. The third kappa shape index (κ3) is 5.13. The van der Waals surface area contributed by atoms with Crippen molar-refractivity contribution in [1.29, 1.82) is 0 Å². The maximum absolute atomic E-state index is 14.3. The molecule has 2 aliphatic heterocycles. The number of ether oxygens (including phenoxy) is 1. The van der Waals surface area contributed by atoms with Gasteiger partial charge in [-0.1, -0.05) is 6.07 Å². The van der Waals surface area contributed by atoms with Gasteiger partial charge in [0.25, 0.3) is 0 Å². The van der Waals surface area contributed by atoms with Gasteiger partial charge in [0.1, 0.15) is 11.6 Å². The van der Waals surface area contributed by atoms with Crippen LogP contribution >= 0.6 is 24.0 Å². The van der Waals surface area contributed by atoms with Crippen LogP contribution in [0, 0.1) is 17.0 Å². The molecule has 0 saturated carbocycles. The van der Waals surface area contributed by atoms with Crippen molar-refractivity contribution >= 4 is 29.9 Å². The molecule has 8 heteroatoms. The fourth-order valence-corrected chi connectivity index (χ4v) is 4.03. The molecule has 1 aromatic rings. The fraction of sp³-hybridized carbons (Fsp3) is 0.650. The number of benzene rings is 1. The molecule has 2 fully saturated rings. The Balaban J connectivity index is 0.00000280. The average Bonchev–Trinajstić information content (AvgIpc) is 3.26. The van der Waals surface area contributed by atoms with Crippen LogP contribution in [0.15, 0.2) is 23.2 Å². The van der Waals surface area contributed by atoms with Crippen LogP contribution in [0.3, 0.4) is 0 Å². The highest BCUT2D eigenvalue weighted by Crippen LogP contribution is 2.38. The van der Waals surface area contributed by atoms with Crippen molar-refractivity contribution in [2.24, 2.45) is 10.4 Å². The Morgan fingerprint density at radius 1 is 1.32 bits per heavy atom. The third-order valence-corrected chi connectivity index (χ3v) is 5.63. The maximum Gasteiger partial charge on any atom is 0.194 e. The topological polar surface area (TPSA) is 40.1 Å². The first-order valence-corrected chi connectivity index (χ1v) is 9.67. The number of hydrogen-bond acceptors (Lipinski definition) is 3. The Labute approximate surface area is 183 Å². The van der Waals surface area contributed by atoms with Gasteiger partial charge in [0.05, 0.1) is 19.2 Å². The quantitative estimate of drug-likeness (QED) is 0.377. The van der Waals surface area contributed by atoms with Crippen LogP contribution in [0.4, 0.5) is 8.78 Å². The van der Waals surface area contributed by atoms with Gasteiger partial charge in [-0.2, -0.15) is 0 Å². The van der Waals surface area contributed by atoms with Crippen LogP contribution in [0.1, 0.15) is 31.4 Å². The highest BCUT2D eigenvalue weighted by molar-refractivity contribution is 14.0. The first kappa shape index (κ1) is 23.3. The van der Waals surface area contributed by atoms with Crippen LogP contribution in [0.25, 0.3) is 0 Å². The number of halogens is 3. The van der Waals surface area contributed by atoms with Gasteiger partial charge in [-0.25, -0.2) is 8.78 Å². The predicted molar refractivity (Wildman–Crippen MR) is 118 cm³/mol. The van der Waals surface area contributed by atoms with Gasteiger partial charge < -0.3 is 19.9 Å². The lowest BCUT2D eigenvalue weighted by molar-refractivity contribution is 0.156. The van der Waals surface area contributed by atoms with E-state index in [9.17, 15) is 8.78 Å². The van der Waals surface area contributed by atoms with Crippen molar-refractivity contribution in [3.63, 3.8) is 0 Å². The summed E-state index contributed by atoms with van der Waals surface area (Å²) in [5, 5.41) is 3.33. The van der Waals surface area contributed by atoms with Crippen molar-refractivity contribution < 1.29 is 13.5 Å². The maximum atomic E-state index is 14.3. The molecular formula is C20H31F2IN4O. The summed E-state index contributed by atoms with van der Waals surface area (Å²) in [6.45, 7) is 6.54. The number of aliphatic imine (C=N–C) groups is 1. The molecule has 0 bridgehead atoms. The normalized spacial score (nSPS) is 23.4. The van der Waals surface area contributed by atoms with E-state index in [1.165, 1.54) is 18.2 Å². The summed E-state index contributed by atoms with van der Waals surface area (Å²) in [5.41, 5.74) is 0.304. The number of nitrogens with zero attached hydrogens (tertiary/aromatic N) is 3. The molecule has 0 amide bonds. The van der Waals surface area contributed by atoms with Crippen LogP contribution < -0.4 is 5.32 Å². The van der Waals surface area contributed by atoms with Gasteiger partial charge >= 0.3 is 0 Å². The van der Waals surface area contributed by atoms with E-state index >= 15 is 0 Å². The van der Waals surface area contributed by atoms with Gasteiger partial charge in [0.15, 0.2) is 5.96 Å². The Morgan fingerprint density at radius 2 is 2.04 bits per heavy atom. The summed E-state index contributed by atoms with van der Waals surface area (Å²) >= 11 is 0. The number of guanidine groups is 1. The van der Waals surface area contributed by atoms with Crippen molar-refractivity contribution in [1.82, 2.24) is 15.1 Å². The van der Waals surface area contributed by atoms with Gasteiger partial charge in [0.2, 0.25) is 0 Å². The van der Waals surface area contributed by atoms with E-state index in [0.29, 0.717) is 0 Å². The molecule has 2 aliphatic rings. The molecule has 0 radical (unpaired) electrons. The molecule has 2 saturated heterocycles. The number of hydrogen-bond donors (Lipinski definition) is 1. The molecular weight excluding hydrogens is 477 g/mol. The predicted octanol–water partition coefficient (Wildman–Crippen LogP) is 3.26. The monoisotopic (exact) mass is 508 g/mol. The lowest BCUT2D eigenvalue weighted by atomic mass is 9.87. The molecule has 158 valence electrons. The second-order valence-corrected chi connectivity index (χ2v) is 7.78. The summed E-state index contributed by atoms with van der Waals surface area (Å²) in [6.07, 6.45) is 2.18. The van der Waals surface area contributed by atoms with Gasteiger partial charge in [-0.3, -0.25) is 4.99 Å². The van der Waals surface area contributed by atoms with E-state index in [4.69, 9.17) is 9.73 Å². The zero-order valence-electron chi connectivity index (χ0n) is 16.9. The van der Waals surface area contributed by atoms with Gasteiger partial charge in [0, 0.05) is 37.2 Å². The first-order valence-electron chi connectivity index (χ1n) is 9.67. The lowest BCUT2D eigenvalue weighted by Gasteiger charge is -2.27. The molecule has 28 heavy (non-hydrogen) atoms. The number of likely N-dealkylation sites (N-methyl/N-ethyl adjacent to an activating group) is 1. The van der Waals surface area contributed by atoms with E-state index in [0.717, 1.165) is 51.6 Å². The van der Waals surface area contributed by atoms with Crippen molar-refractivity contribution in [3.8, 4) is 0 Å². The molecule has 5 nitrogen and oxygen atoms in total. The van der Waals surface area contributed by atoms with Gasteiger partial charge in [-0.05, 0) is 46.0 Å². The Morgan fingerprint density at radius 3 is 2.61 bits per heavy atom. The summed E-state index contributed by atoms with van der Waals surface area (Å²) in [5.74, 6) is -0.251. The minimum Gasteiger partial charge on any atom is -0.381 e. The molecule has 1 N–H and O–H groups in total. The third-order valence-electron chi connectivity index (χ3n) is 5.63. The van der Waals surface area contributed by atoms with Crippen molar-refractivity contribution in [3.05, 3.63) is 35.4 Å². The molecule has 2 atom stereocenters. The molecule has 2 heterocycles. The van der Waals surface area contributed by atoms with Crippen LogP contribution in [0.2, 0.25) is 0 Å². The summed E-state index contributed by atoms with van der Waals surface area (Å²) in [4.78, 5) is 8.81. The smallest absolute Gasteiger partial charge is 0.194 e. The molecule has 1 spiro atoms. The second kappa shape index (κ2) is 10.2. The highest BCUT2D eigenvalue weighted by Gasteiger charge is 2.42. The van der Waals surface area contributed by atoms with Crippen LogP contribution in [-0.2, 0) is 4.74 Å². The zero-order chi connectivity index (χ0) is 19.4. The van der Waals surface area contributed by atoms with E-state index in [2.05, 4.69) is 10.2 Å². The fourth-order valence-electron chi connectivity index (χ4n) is 4.03. The van der Waals surface area contributed by atoms with Crippen molar-refractivity contribution in [2.75, 3.05) is 53.5 Å². The Kier molecular flexibility index (Phi) is 8.44. The Hall–Kier alpha value is -1.00. The SMILES string of the molecule is CCNC(=NCC(c1c(F)cccc1F)N(C)C)N1CCC2(CCOC2)C1.I. The van der Waals surface area contributed by atoms with Crippen molar-refractivity contribution in [2.45, 2.75) is 25.8 Å². The summed E-state index contributed by atoms with van der Waals surface area (Å²) < 4.78 is 34.2. The lowest BCUT2D eigenvalue weighted by Crippen LogP contribution is -2.42. The minimum absolute atomic E-state index is 0. The number of nitrogens with one attached hydrogen (secondary N) is 1. The average molecular weight is 508 g/mol. The van der Waals surface area contributed by atoms with E-state index in [1.807, 2.05) is 25.9 Å². The minimum atomic E-state index is -0.530. The molecule has 0 aliphatic carbocycles. The molecule has 3 rings (SSSR count). The second-order valence-electron chi connectivity index (χ2n) is 7.78. The molecule has 0 aromatic heterocycles. The zero-order valence-corrected chi connectivity index (χ0v) is 19.2. The summed E-state index contributed by atoms with van der Waals surface area (Å²) in [7, 11) is 3.64. The van der Waals surface area contributed by atoms with E-state index in [1.54, 1.807) is 0 Å². The first-order chi connectivity index (χ1) is 13.0. The number of rotatable bonds is 5. The summed E-state index contributed by atoms with van der Waals surface area (Å²) in [6, 6.07) is 3.52. The Bertz CT molecular complexity index is 660. The standard InChI is InChI=1S/C20H30F2N4O.HI/c1-4-23-19(26-10-8-20(13-26)9-11-27-14-20)24-12-17(25(2)3)18-15(21)6-5-7-16(18)22;/h5-7,17H,4,8-14H2,1-3H3,(H,23,24);1H. The van der Waals surface area contributed by atoms with E-state index < -0.39 is 17.7 Å². The molecule has 1 aromatic carbocycles. The van der Waals surface area contributed by atoms with Crippen LogP contribution in [-0.4, -0.2) is 69.2 Å². The van der Waals surface area contributed by atoms with E-state index in [-0.39, 0.29) is 41.5 Å². The van der Waals surface area contributed by atoms with Gasteiger partial charge in [-0.15, -0.1) is 24.0 Å². The largest absolute Gasteiger partial charge is 0.381 e. The van der Waals surface area contributed by atoms with Crippen LogP contribution in [0.5, 0.6) is 0 Å². The number of likely N-dealkylation sites (tertiary alicyclic amines) is 1. The molecule has 2 unspecified atom stereocenters.